The third-order valence-electron chi connectivity index (χ3n) is 3.39. The SMILES string of the molecule is Cc1ccc(O)c(C(=O)O[C@H](C)C(=O)c2ccc(OC(F)F)cc2)c1. The Balaban J connectivity index is 2.07. The van der Waals surface area contributed by atoms with Crippen molar-refractivity contribution in [2.24, 2.45) is 0 Å². The van der Waals surface area contributed by atoms with Gasteiger partial charge >= 0.3 is 12.6 Å². The van der Waals surface area contributed by atoms with Crippen molar-refractivity contribution in [1.29, 1.82) is 0 Å². The monoisotopic (exact) mass is 350 g/mol. The minimum atomic E-state index is -2.96. The van der Waals surface area contributed by atoms with Gasteiger partial charge in [0.25, 0.3) is 0 Å². The highest BCUT2D eigenvalue weighted by molar-refractivity contribution is 6.02. The lowest BCUT2D eigenvalue weighted by molar-refractivity contribution is -0.0498. The van der Waals surface area contributed by atoms with E-state index in [1.165, 1.54) is 43.3 Å². The summed E-state index contributed by atoms with van der Waals surface area (Å²) in [6, 6.07) is 9.49. The standard InChI is InChI=1S/C18H16F2O5/c1-10-3-8-15(21)14(9-10)17(23)24-11(2)16(22)12-4-6-13(7-5-12)25-18(19)20/h3-9,11,18,21H,1-2H3/t11-/m1/s1. The Bertz CT molecular complexity index is 772. The third-order valence-corrected chi connectivity index (χ3v) is 3.39. The molecule has 2 rings (SSSR count). The van der Waals surface area contributed by atoms with Crippen molar-refractivity contribution < 1.29 is 33.0 Å². The fraction of sp³-hybridized carbons (Fsp3) is 0.222. The summed E-state index contributed by atoms with van der Waals surface area (Å²) in [5.41, 5.74) is 0.883. The number of carbonyl (C=O) groups excluding carboxylic acids is 2. The van der Waals surface area contributed by atoms with Crippen LogP contribution in [0.15, 0.2) is 42.5 Å². The van der Waals surface area contributed by atoms with Crippen LogP contribution in [0, 0.1) is 6.92 Å². The number of phenols is 1. The average Bonchev–Trinajstić information content (AvgIpc) is 2.56. The normalized spacial score (nSPS) is 11.9. The largest absolute Gasteiger partial charge is 0.507 e. The van der Waals surface area contributed by atoms with Crippen LogP contribution in [-0.2, 0) is 4.74 Å². The van der Waals surface area contributed by atoms with Crippen molar-refractivity contribution in [3.8, 4) is 11.5 Å². The van der Waals surface area contributed by atoms with Crippen molar-refractivity contribution in [3.05, 3.63) is 59.2 Å². The van der Waals surface area contributed by atoms with Crippen molar-refractivity contribution in [2.45, 2.75) is 26.6 Å². The van der Waals surface area contributed by atoms with Gasteiger partial charge in [-0.2, -0.15) is 8.78 Å². The number of benzene rings is 2. The summed E-state index contributed by atoms with van der Waals surface area (Å²) in [5.74, 6) is -1.67. The number of alkyl halides is 2. The molecule has 0 aliphatic rings. The number of carbonyl (C=O) groups is 2. The van der Waals surface area contributed by atoms with E-state index in [4.69, 9.17) is 4.74 Å². The van der Waals surface area contributed by atoms with Crippen molar-refractivity contribution >= 4 is 11.8 Å². The van der Waals surface area contributed by atoms with Crippen LogP contribution < -0.4 is 4.74 Å². The van der Waals surface area contributed by atoms with Gasteiger partial charge in [-0.3, -0.25) is 4.79 Å². The number of ketones is 1. The van der Waals surface area contributed by atoms with Gasteiger partial charge in [0.05, 0.1) is 0 Å². The lowest BCUT2D eigenvalue weighted by atomic mass is 10.1. The van der Waals surface area contributed by atoms with E-state index in [1.54, 1.807) is 13.0 Å². The van der Waals surface area contributed by atoms with E-state index < -0.39 is 24.5 Å². The molecule has 0 saturated heterocycles. The zero-order valence-electron chi connectivity index (χ0n) is 13.5. The van der Waals surface area contributed by atoms with Crippen molar-refractivity contribution in [2.75, 3.05) is 0 Å². The van der Waals surface area contributed by atoms with Gasteiger partial charge in [0.15, 0.2) is 6.10 Å². The molecule has 5 nitrogen and oxygen atoms in total. The summed E-state index contributed by atoms with van der Waals surface area (Å²) < 4.78 is 33.5. The molecular formula is C18H16F2O5. The number of halogens is 2. The molecule has 0 radical (unpaired) electrons. The van der Waals surface area contributed by atoms with Gasteiger partial charge in [0, 0.05) is 5.56 Å². The molecule has 7 heteroatoms. The van der Waals surface area contributed by atoms with Crippen molar-refractivity contribution in [1.82, 2.24) is 0 Å². The number of aromatic hydroxyl groups is 1. The lowest BCUT2D eigenvalue weighted by Crippen LogP contribution is -2.24. The summed E-state index contributed by atoms with van der Waals surface area (Å²) in [6.45, 7) is 0.174. The van der Waals surface area contributed by atoms with Gasteiger partial charge in [-0.05, 0) is 50.2 Å². The number of esters is 1. The van der Waals surface area contributed by atoms with Crippen LogP contribution in [0.3, 0.4) is 0 Å². The zero-order valence-corrected chi connectivity index (χ0v) is 13.5. The summed E-state index contributed by atoms with van der Waals surface area (Å²) >= 11 is 0. The van der Waals surface area contributed by atoms with Crippen LogP contribution in [0.2, 0.25) is 0 Å². The highest BCUT2D eigenvalue weighted by atomic mass is 19.3. The van der Waals surface area contributed by atoms with Gasteiger partial charge < -0.3 is 14.6 Å². The number of ether oxygens (including phenoxy) is 2. The molecule has 0 unspecified atom stereocenters. The van der Waals surface area contributed by atoms with Crippen LogP contribution >= 0.6 is 0 Å². The Morgan fingerprint density at radius 3 is 2.32 bits per heavy atom. The first kappa shape index (κ1) is 18.4. The van der Waals surface area contributed by atoms with E-state index in [2.05, 4.69) is 4.74 Å². The Kier molecular flexibility index (Phi) is 5.69. The smallest absolute Gasteiger partial charge is 0.387 e. The predicted octanol–water partition coefficient (Wildman–Crippen LogP) is 3.73. The lowest BCUT2D eigenvalue weighted by Gasteiger charge is -2.13. The maximum atomic E-state index is 12.3. The molecule has 0 fully saturated rings. The van der Waals surface area contributed by atoms with Gasteiger partial charge in [-0.15, -0.1) is 0 Å². The average molecular weight is 350 g/mol. The van der Waals surface area contributed by atoms with E-state index in [-0.39, 0.29) is 22.6 Å². The topological polar surface area (TPSA) is 72.8 Å². The molecule has 0 heterocycles. The molecule has 0 aliphatic heterocycles. The number of rotatable bonds is 6. The molecule has 1 atom stereocenters. The summed E-state index contributed by atoms with van der Waals surface area (Å²) in [7, 11) is 0. The second-order valence-electron chi connectivity index (χ2n) is 5.34. The van der Waals surface area contributed by atoms with Crippen molar-refractivity contribution in [3.63, 3.8) is 0 Å². The van der Waals surface area contributed by atoms with E-state index in [9.17, 15) is 23.5 Å². The Labute approximate surface area is 142 Å². The minimum absolute atomic E-state index is 0.0414. The Morgan fingerprint density at radius 1 is 1.08 bits per heavy atom. The van der Waals surface area contributed by atoms with Crippen LogP contribution in [0.1, 0.15) is 33.2 Å². The number of Topliss-reactive ketones (excluding diaryl/α,β-unsaturated/α-hetero) is 1. The number of phenolic OH excluding ortho intramolecular Hbond substituents is 1. The summed E-state index contributed by atoms with van der Waals surface area (Å²) in [4.78, 5) is 24.4. The van der Waals surface area contributed by atoms with Crippen LogP contribution in [-0.4, -0.2) is 29.6 Å². The molecule has 0 amide bonds. The molecule has 0 spiro atoms. The van der Waals surface area contributed by atoms with Gasteiger partial charge in [-0.1, -0.05) is 11.6 Å². The Morgan fingerprint density at radius 2 is 1.72 bits per heavy atom. The molecule has 2 aromatic carbocycles. The van der Waals surface area contributed by atoms with E-state index in [1.807, 2.05) is 0 Å². The fourth-order valence-corrected chi connectivity index (χ4v) is 2.13. The van der Waals surface area contributed by atoms with E-state index in [0.717, 1.165) is 5.56 Å². The van der Waals surface area contributed by atoms with Gasteiger partial charge in [0.1, 0.15) is 17.1 Å². The predicted molar refractivity (Wildman–Crippen MR) is 85.1 cm³/mol. The summed E-state index contributed by atoms with van der Waals surface area (Å²) in [6.07, 6.45) is -1.12. The molecule has 0 bridgehead atoms. The molecule has 0 saturated carbocycles. The molecule has 0 aliphatic carbocycles. The van der Waals surface area contributed by atoms with Crippen LogP contribution in [0.25, 0.3) is 0 Å². The van der Waals surface area contributed by atoms with E-state index in [0.29, 0.717) is 0 Å². The Hall–Kier alpha value is -2.96. The van der Waals surface area contributed by atoms with Crippen LogP contribution in [0.4, 0.5) is 8.78 Å². The summed E-state index contributed by atoms with van der Waals surface area (Å²) in [5, 5.41) is 9.72. The van der Waals surface area contributed by atoms with Gasteiger partial charge in [-0.25, -0.2) is 4.79 Å². The maximum Gasteiger partial charge on any atom is 0.387 e. The highest BCUT2D eigenvalue weighted by Crippen LogP contribution is 2.21. The zero-order chi connectivity index (χ0) is 18.6. The quantitative estimate of drug-likeness (QED) is 0.635. The molecule has 0 aromatic heterocycles. The first-order valence-corrected chi connectivity index (χ1v) is 7.37. The first-order chi connectivity index (χ1) is 11.8. The highest BCUT2D eigenvalue weighted by Gasteiger charge is 2.22. The molecule has 132 valence electrons. The number of hydrogen-bond donors (Lipinski definition) is 1. The fourth-order valence-electron chi connectivity index (χ4n) is 2.13. The van der Waals surface area contributed by atoms with E-state index >= 15 is 0 Å². The second kappa shape index (κ2) is 7.74. The first-order valence-electron chi connectivity index (χ1n) is 7.37. The molecule has 1 N–H and O–H groups in total. The molecular weight excluding hydrogens is 334 g/mol. The molecule has 25 heavy (non-hydrogen) atoms. The third kappa shape index (κ3) is 4.76. The minimum Gasteiger partial charge on any atom is -0.507 e. The number of hydrogen-bond acceptors (Lipinski definition) is 5. The van der Waals surface area contributed by atoms with Gasteiger partial charge in [0.2, 0.25) is 5.78 Å². The second-order valence-corrected chi connectivity index (χ2v) is 5.34. The molecule has 2 aromatic rings. The van der Waals surface area contributed by atoms with Crippen LogP contribution in [0.5, 0.6) is 11.5 Å². The number of aryl methyl sites for hydroxylation is 1. The maximum absolute atomic E-state index is 12.3.